The molecule has 0 saturated carbocycles. The molecule has 1 amide bonds. The largest absolute Gasteiger partial charge is 0.492 e. The third-order valence-corrected chi connectivity index (χ3v) is 1.92. The topological polar surface area (TPSA) is 78.8 Å². The Labute approximate surface area is 94.2 Å². The first kappa shape index (κ1) is 12.5. The van der Waals surface area contributed by atoms with E-state index in [0.717, 1.165) is 0 Å². The summed E-state index contributed by atoms with van der Waals surface area (Å²) in [6, 6.07) is 6.42. The van der Waals surface area contributed by atoms with Crippen LogP contribution in [0.4, 0.5) is 0 Å². The van der Waals surface area contributed by atoms with E-state index in [-0.39, 0.29) is 5.91 Å². The van der Waals surface area contributed by atoms with E-state index in [4.69, 9.17) is 14.8 Å². The standard InChI is InChI=1S/C10H14BNO4/c1-8(13)12-6-7-16-10-4-2-9(3-5-10)11(14)15/h2-5,14-15H,6-7H2,1H3,(H,12,13). The van der Waals surface area contributed by atoms with Gasteiger partial charge in [0, 0.05) is 6.92 Å². The van der Waals surface area contributed by atoms with E-state index in [2.05, 4.69) is 5.32 Å². The van der Waals surface area contributed by atoms with Crippen molar-refractivity contribution in [3.8, 4) is 5.75 Å². The summed E-state index contributed by atoms with van der Waals surface area (Å²) in [5.74, 6) is 0.525. The van der Waals surface area contributed by atoms with Gasteiger partial charge in [0.2, 0.25) is 5.91 Å². The third kappa shape index (κ3) is 4.33. The van der Waals surface area contributed by atoms with Gasteiger partial charge in [0.15, 0.2) is 0 Å². The van der Waals surface area contributed by atoms with E-state index in [1.54, 1.807) is 24.3 Å². The van der Waals surface area contributed by atoms with E-state index in [9.17, 15) is 4.79 Å². The average Bonchev–Trinajstić information content (AvgIpc) is 2.25. The van der Waals surface area contributed by atoms with Crippen molar-refractivity contribution in [3.05, 3.63) is 24.3 Å². The lowest BCUT2D eigenvalue weighted by atomic mass is 9.80. The van der Waals surface area contributed by atoms with Gasteiger partial charge in [0.05, 0.1) is 6.54 Å². The molecule has 0 fully saturated rings. The van der Waals surface area contributed by atoms with Gasteiger partial charge < -0.3 is 20.1 Å². The molecule has 3 N–H and O–H groups in total. The Morgan fingerprint density at radius 3 is 2.50 bits per heavy atom. The molecule has 0 heterocycles. The van der Waals surface area contributed by atoms with E-state index in [1.165, 1.54) is 6.92 Å². The number of benzene rings is 1. The Bertz CT molecular complexity index is 339. The lowest BCUT2D eigenvalue weighted by molar-refractivity contribution is -0.119. The first-order valence-electron chi connectivity index (χ1n) is 4.93. The van der Waals surface area contributed by atoms with Crippen LogP contribution in [0, 0.1) is 0 Å². The quantitative estimate of drug-likeness (QED) is 0.436. The summed E-state index contributed by atoms with van der Waals surface area (Å²) in [6.45, 7) is 2.26. The number of rotatable bonds is 5. The summed E-state index contributed by atoms with van der Waals surface area (Å²) in [5, 5.41) is 20.3. The number of carbonyl (C=O) groups is 1. The number of hydrogen-bond acceptors (Lipinski definition) is 4. The Morgan fingerprint density at radius 2 is 2.00 bits per heavy atom. The highest BCUT2D eigenvalue weighted by atomic mass is 16.5. The monoisotopic (exact) mass is 223 g/mol. The number of amides is 1. The fraction of sp³-hybridized carbons (Fsp3) is 0.300. The minimum Gasteiger partial charge on any atom is -0.492 e. The molecule has 1 aromatic carbocycles. The fourth-order valence-electron chi connectivity index (χ4n) is 1.13. The summed E-state index contributed by atoms with van der Waals surface area (Å²) in [7, 11) is -1.46. The van der Waals surface area contributed by atoms with Crippen molar-refractivity contribution >= 4 is 18.5 Å². The molecular weight excluding hydrogens is 209 g/mol. The number of nitrogens with one attached hydrogen (secondary N) is 1. The molecule has 0 aromatic heterocycles. The molecule has 0 radical (unpaired) electrons. The van der Waals surface area contributed by atoms with Gasteiger partial charge in [-0.2, -0.15) is 0 Å². The highest BCUT2D eigenvalue weighted by Crippen LogP contribution is 2.06. The Kier molecular flexibility index (Phi) is 4.82. The minimum atomic E-state index is -1.46. The molecule has 6 heteroatoms. The van der Waals surface area contributed by atoms with Crippen LogP contribution in [0.3, 0.4) is 0 Å². The summed E-state index contributed by atoms with van der Waals surface area (Å²) in [6.07, 6.45) is 0. The van der Waals surface area contributed by atoms with Crippen molar-refractivity contribution in [2.24, 2.45) is 0 Å². The van der Waals surface area contributed by atoms with Crippen molar-refractivity contribution in [1.29, 1.82) is 0 Å². The summed E-state index contributed by atoms with van der Waals surface area (Å²) in [4.78, 5) is 10.6. The molecule has 1 rings (SSSR count). The molecule has 1 aromatic rings. The molecule has 5 nitrogen and oxygen atoms in total. The zero-order chi connectivity index (χ0) is 12.0. The molecule has 16 heavy (non-hydrogen) atoms. The third-order valence-electron chi connectivity index (χ3n) is 1.92. The van der Waals surface area contributed by atoms with Crippen LogP contribution in [0.5, 0.6) is 5.75 Å². The second-order valence-electron chi connectivity index (χ2n) is 3.27. The first-order chi connectivity index (χ1) is 7.59. The summed E-state index contributed by atoms with van der Waals surface area (Å²) >= 11 is 0. The van der Waals surface area contributed by atoms with Crippen LogP contribution in [-0.4, -0.2) is 36.2 Å². The Hall–Kier alpha value is -1.53. The zero-order valence-corrected chi connectivity index (χ0v) is 9.01. The second-order valence-corrected chi connectivity index (χ2v) is 3.27. The number of hydrogen-bond donors (Lipinski definition) is 3. The van der Waals surface area contributed by atoms with Crippen LogP contribution < -0.4 is 15.5 Å². The first-order valence-corrected chi connectivity index (χ1v) is 4.93. The molecule has 0 aliphatic heterocycles. The predicted octanol–water partition coefficient (Wildman–Crippen LogP) is -1.12. The Balaban J connectivity index is 2.35. The smallest absolute Gasteiger partial charge is 0.488 e. The van der Waals surface area contributed by atoms with Crippen LogP contribution >= 0.6 is 0 Å². The van der Waals surface area contributed by atoms with Crippen molar-refractivity contribution in [2.75, 3.05) is 13.2 Å². The van der Waals surface area contributed by atoms with E-state index < -0.39 is 7.12 Å². The molecule has 86 valence electrons. The lowest BCUT2D eigenvalue weighted by Gasteiger charge is -2.07. The number of ether oxygens (including phenoxy) is 1. The molecule has 0 aliphatic carbocycles. The van der Waals surface area contributed by atoms with Crippen molar-refractivity contribution in [2.45, 2.75) is 6.92 Å². The van der Waals surface area contributed by atoms with Crippen molar-refractivity contribution < 1.29 is 19.6 Å². The van der Waals surface area contributed by atoms with Gasteiger partial charge in [-0.3, -0.25) is 4.79 Å². The second kappa shape index (κ2) is 6.14. The van der Waals surface area contributed by atoms with Gasteiger partial charge in [0.25, 0.3) is 0 Å². The maximum atomic E-state index is 10.6. The average molecular weight is 223 g/mol. The summed E-state index contributed by atoms with van der Waals surface area (Å²) < 4.78 is 5.31. The number of carbonyl (C=O) groups excluding carboxylic acids is 1. The van der Waals surface area contributed by atoms with Crippen LogP contribution in [0.25, 0.3) is 0 Å². The molecule has 0 unspecified atom stereocenters. The van der Waals surface area contributed by atoms with Crippen LogP contribution in [-0.2, 0) is 4.79 Å². The molecule has 0 spiro atoms. The highest BCUT2D eigenvalue weighted by Gasteiger charge is 2.09. The van der Waals surface area contributed by atoms with Crippen LogP contribution in [0.2, 0.25) is 0 Å². The molecular formula is C10H14BNO4. The van der Waals surface area contributed by atoms with E-state index in [1.807, 2.05) is 0 Å². The maximum absolute atomic E-state index is 10.6. The maximum Gasteiger partial charge on any atom is 0.488 e. The van der Waals surface area contributed by atoms with Gasteiger partial charge in [0.1, 0.15) is 12.4 Å². The predicted molar refractivity (Wildman–Crippen MR) is 60.4 cm³/mol. The van der Waals surface area contributed by atoms with Gasteiger partial charge in [-0.25, -0.2) is 0 Å². The van der Waals surface area contributed by atoms with Gasteiger partial charge in [-0.05, 0) is 17.6 Å². The minimum absolute atomic E-state index is 0.0950. The van der Waals surface area contributed by atoms with Crippen LogP contribution in [0.15, 0.2) is 24.3 Å². The zero-order valence-electron chi connectivity index (χ0n) is 9.01. The van der Waals surface area contributed by atoms with Crippen LogP contribution in [0.1, 0.15) is 6.92 Å². The fourth-order valence-corrected chi connectivity index (χ4v) is 1.13. The molecule has 0 saturated heterocycles. The van der Waals surface area contributed by atoms with E-state index >= 15 is 0 Å². The normalized spacial score (nSPS) is 9.69. The van der Waals surface area contributed by atoms with Gasteiger partial charge in [-0.1, -0.05) is 12.1 Å². The van der Waals surface area contributed by atoms with Gasteiger partial charge >= 0.3 is 7.12 Å². The SMILES string of the molecule is CC(=O)NCCOc1ccc(B(O)O)cc1. The summed E-state index contributed by atoms with van der Waals surface area (Å²) in [5.41, 5.74) is 0.411. The molecule has 0 bridgehead atoms. The molecule has 0 atom stereocenters. The van der Waals surface area contributed by atoms with Crippen molar-refractivity contribution in [1.82, 2.24) is 5.32 Å². The highest BCUT2D eigenvalue weighted by molar-refractivity contribution is 6.58. The lowest BCUT2D eigenvalue weighted by Crippen LogP contribution is -2.29. The van der Waals surface area contributed by atoms with E-state index in [0.29, 0.717) is 24.4 Å². The Morgan fingerprint density at radius 1 is 1.38 bits per heavy atom. The molecule has 0 aliphatic rings. The van der Waals surface area contributed by atoms with Crippen molar-refractivity contribution in [3.63, 3.8) is 0 Å². The van der Waals surface area contributed by atoms with Gasteiger partial charge in [-0.15, -0.1) is 0 Å².